The predicted molar refractivity (Wildman–Crippen MR) is 115 cm³/mol. The van der Waals surface area contributed by atoms with E-state index in [4.69, 9.17) is 0 Å². The summed E-state index contributed by atoms with van der Waals surface area (Å²) in [6.07, 6.45) is 0. The van der Waals surface area contributed by atoms with Crippen LogP contribution in [0, 0.1) is 0 Å². The lowest BCUT2D eigenvalue weighted by Crippen LogP contribution is -2.33. The second-order valence-corrected chi connectivity index (χ2v) is 9.06. The van der Waals surface area contributed by atoms with E-state index in [1.807, 2.05) is 109 Å². The smallest absolute Gasteiger partial charge is 0.248 e. The molecule has 0 aromatic heterocycles. The van der Waals surface area contributed by atoms with Crippen LogP contribution in [0.2, 0.25) is 0 Å². The fraction of sp³-hybridized carbons (Fsp3) is 0.0400. The average Bonchev–Trinajstić information content (AvgIpc) is 2.77. The van der Waals surface area contributed by atoms with Crippen LogP contribution in [-0.4, -0.2) is 4.89 Å². The number of hydrogen-bond acceptors (Lipinski definition) is 1. The van der Waals surface area contributed by atoms with Crippen LogP contribution in [0.1, 0.15) is 16.7 Å². The largest absolute Gasteiger partial charge is 0.340 e. The van der Waals surface area contributed by atoms with Crippen molar-refractivity contribution in [3.05, 3.63) is 138 Å². The van der Waals surface area contributed by atoms with Crippen molar-refractivity contribution in [2.45, 2.75) is 5.16 Å². The zero-order chi connectivity index (χ0) is 19.5. The molecule has 0 aliphatic rings. The fourth-order valence-electron chi connectivity index (χ4n) is 3.89. The minimum atomic E-state index is -3.95. The molecule has 0 amide bonds. The molecule has 28 heavy (non-hydrogen) atoms. The van der Waals surface area contributed by atoms with E-state index in [-0.39, 0.29) is 0 Å². The van der Waals surface area contributed by atoms with Crippen molar-refractivity contribution in [2.24, 2.45) is 0 Å². The number of benzene rings is 4. The minimum absolute atomic E-state index is 0.437. The van der Waals surface area contributed by atoms with Gasteiger partial charge in [0.1, 0.15) is 5.16 Å². The maximum absolute atomic E-state index is 14.4. The van der Waals surface area contributed by atoms with Crippen molar-refractivity contribution in [2.75, 3.05) is 0 Å². The van der Waals surface area contributed by atoms with Crippen molar-refractivity contribution in [3.8, 4) is 0 Å². The summed E-state index contributed by atoms with van der Waals surface area (Å²) < 4.78 is 14.4. The number of rotatable bonds is 5. The molecule has 0 fully saturated rings. The molecule has 0 aliphatic carbocycles. The Bertz CT molecular complexity index is 982. The van der Waals surface area contributed by atoms with Crippen LogP contribution in [-0.2, 0) is 9.72 Å². The second kappa shape index (κ2) is 7.59. The van der Waals surface area contributed by atoms with Gasteiger partial charge in [-0.2, -0.15) is 0 Å². The zero-order valence-electron chi connectivity index (χ0n) is 15.3. The third-order valence-corrected chi connectivity index (χ3v) is 7.82. The summed E-state index contributed by atoms with van der Waals surface area (Å²) in [7, 11) is -3.95. The fourth-order valence-corrected chi connectivity index (χ4v) is 6.35. The van der Waals surface area contributed by atoms with Crippen LogP contribution in [0.25, 0.3) is 0 Å². The quantitative estimate of drug-likeness (QED) is 0.361. The molecule has 1 unspecified atom stereocenters. The first-order valence-corrected chi connectivity index (χ1v) is 10.9. The Kier molecular flexibility index (Phi) is 5.00. The maximum Gasteiger partial charge on any atom is 0.248 e. The summed E-state index contributed by atoms with van der Waals surface area (Å²) in [5.74, 6) is 0. The third kappa shape index (κ3) is 2.92. The third-order valence-electron chi connectivity index (χ3n) is 5.14. The van der Waals surface area contributed by atoms with E-state index in [1.54, 1.807) is 12.1 Å². The van der Waals surface area contributed by atoms with E-state index >= 15 is 0 Å². The predicted octanol–water partition coefficient (Wildman–Crippen LogP) is 5.57. The van der Waals surface area contributed by atoms with Gasteiger partial charge in [0, 0.05) is 5.30 Å². The lowest BCUT2D eigenvalue weighted by molar-refractivity contribution is 0.467. The lowest BCUT2D eigenvalue weighted by Gasteiger charge is -2.39. The molecule has 0 radical (unpaired) electrons. The van der Waals surface area contributed by atoms with Gasteiger partial charge in [0.15, 0.2) is 0 Å². The highest BCUT2D eigenvalue weighted by atomic mass is 31.2. The van der Waals surface area contributed by atoms with Gasteiger partial charge in [-0.05, 0) is 28.8 Å². The summed E-state index contributed by atoms with van der Waals surface area (Å²) in [5, 5.41) is -0.774. The van der Waals surface area contributed by atoms with Crippen molar-refractivity contribution >= 4 is 12.7 Å². The van der Waals surface area contributed by atoms with Gasteiger partial charge in [-0.3, -0.25) is 4.57 Å². The Balaban J connectivity index is 2.15. The van der Waals surface area contributed by atoms with Crippen LogP contribution < -0.4 is 5.30 Å². The summed E-state index contributed by atoms with van der Waals surface area (Å²) in [5.41, 5.74) is 2.38. The first kappa shape index (κ1) is 18.4. The molecule has 2 nitrogen and oxygen atoms in total. The lowest BCUT2D eigenvalue weighted by atomic mass is 9.84. The summed E-state index contributed by atoms with van der Waals surface area (Å²) in [4.78, 5) is 11.8. The van der Waals surface area contributed by atoms with Crippen LogP contribution in [0.4, 0.5) is 0 Å². The van der Waals surface area contributed by atoms with Gasteiger partial charge in [-0.15, -0.1) is 0 Å². The summed E-state index contributed by atoms with van der Waals surface area (Å²) in [6, 6.07) is 37.9. The van der Waals surface area contributed by atoms with Crippen molar-refractivity contribution in [3.63, 3.8) is 0 Å². The van der Waals surface area contributed by atoms with Gasteiger partial charge in [0.2, 0.25) is 7.37 Å². The van der Waals surface area contributed by atoms with Gasteiger partial charge < -0.3 is 4.89 Å². The second-order valence-electron chi connectivity index (χ2n) is 6.72. The van der Waals surface area contributed by atoms with E-state index < -0.39 is 12.5 Å². The molecule has 0 saturated carbocycles. The Labute approximate surface area is 165 Å². The Morgan fingerprint density at radius 2 is 0.786 bits per heavy atom. The van der Waals surface area contributed by atoms with E-state index in [0.29, 0.717) is 5.30 Å². The van der Waals surface area contributed by atoms with Crippen molar-refractivity contribution in [1.82, 2.24) is 0 Å². The molecule has 4 rings (SSSR count). The number of hydrogen-bond donors (Lipinski definition) is 1. The molecule has 1 atom stereocenters. The molecule has 4 aromatic carbocycles. The van der Waals surface area contributed by atoms with E-state index in [0.717, 1.165) is 16.7 Å². The standard InChI is InChI=1S/C25H21O2P/c26-28(27,24-19-11-4-12-20-24)25(21-13-5-1-6-14-21,22-15-7-2-8-16-22)23-17-9-3-10-18-23/h1-20H,(H,26,27). The highest BCUT2D eigenvalue weighted by Crippen LogP contribution is 2.65. The van der Waals surface area contributed by atoms with Crippen molar-refractivity contribution in [1.29, 1.82) is 0 Å². The van der Waals surface area contributed by atoms with Crippen molar-refractivity contribution < 1.29 is 9.46 Å². The SMILES string of the molecule is O=P(O)(c1ccccc1)C(c1ccccc1)(c1ccccc1)c1ccccc1. The Morgan fingerprint density at radius 3 is 1.11 bits per heavy atom. The minimum Gasteiger partial charge on any atom is -0.340 e. The average molecular weight is 384 g/mol. The first-order valence-electron chi connectivity index (χ1n) is 9.22. The van der Waals surface area contributed by atoms with Gasteiger partial charge in [0.05, 0.1) is 0 Å². The highest BCUT2D eigenvalue weighted by Gasteiger charge is 2.52. The van der Waals surface area contributed by atoms with Gasteiger partial charge in [-0.1, -0.05) is 109 Å². The molecule has 0 spiro atoms. The summed E-state index contributed by atoms with van der Waals surface area (Å²) >= 11 is 0. The highest BCUT2D eigenvalue weighted by molar-refractivity contribution is 7.67. The molecule has 0 bridgehead atoms. The Morgan fingerprint density at radius 1 is 0.500 bits per heavy atom. The molecule has 0 heterocycles. The van der Waals surface area contributed by atoms with Crippen LogP contribution in [0.3, 0.4) is 0 Å². The molecular formula is C25H21O2P. The van der Waals surface area contributed by atoms with Gasteiger partial charge in [0.25, 0.3) is 0 Å². The zero-order valence-corrected chi connectivity index (χ0v) is 16.2. The molecule has 4 aromatic rings. The molecular weight excluding hydrogens is 363 g/mol. The van der Waals surface area contributed by atoms with Crippen LogP contribution in [0.15, 0.2) is 121 Å². The Hall–Kier alpha value is -2.93. The van der Waals surface area contributed by atoms with E-state index in [1.165, 1.54) is 0 Å². The van der Waals surface area contributed by atoms with Crippen LogP contribution in [0.5, 0.6) is 0 Å². The molecule has 1 N–H and O–H groups in total. The monoisotopic (exact) mass is 384 g/mol. The molecule has 0 aliphatic heterocycles. The van der Waals surface area contributed by atoms with E-state index in [2.05, 4.69) is 0 Å². The normalized spacial score (nSPS) is 13.6. The maximum atomic E-state index is 14.4. The topological polar surface area (TPSA) is 37.3 Å². The van der Waals surface area contributed by atoms with Gasteiger partial charge >= 0.3 is 0 Å². The van der Waals surface area contributed by atoms with Crippen LogP contribution >= 0.6 is 7.37 Å². The first-order chi connectivity index (χ1) is 13.7. The molecule has 3 heteroatoms. The molecule has 0 saturated heterocycles. The summed E-state index contributed by atoms with van der Waals surface area (Å²) in [6.45, 7) is 0. The van der Waals surface area contributed by atoms with E-state index in [9.17, 15) is 9.46 Å². The van der Waals surface area contributed by atoms with Gasteiger partial charge in [-0.25, -0.2) is 0 Å². The molecule has 138 valence electrons.